The number of nitrogens with zero attached hydrogens (tertiary/aromatic N) is 2. The van der Waals surface area contributed by atoms with Crippen molar-refractivity contribution in [3.8, 4) is 0 Å². The third kappa shape index (κ3) is 2.46. The van der Waals surface area contributed by atoms with Crippen molar-refractivity contribution in [1.82, 2.24) is 9.78 Å². The second-order valence-electron chi connectivity index (χ2n) is 4.48. The summed E-state index contributed by atoms with van der Waals surface area (Å²) in [6, 6.07) is 0. The lowest BCUT2D eigenvalue weighted by atomic mass is 9.89. The number of hydrogen-bond donors (Lipinski definition) is 1. The normalized spacial score (nSPS) is 16.8. The molecule has 2 rings (SSSR count). The molecule has 1 N–H and O–H groups in total. The van der Waals surface area contributed by atoms with Gasteiger partial charge in [0.25, 0.3) is 0 Å². The first-order valence-corrected chi connectivity index (χ1v) is 6.29. The molecule has 0 aliphatic heterocycles. The summed E-state index contributed by atoms with van der Waals surface area (Å²) in [4.78, 5) is 11.4. The number of hydrogen-bond acceptors (Lipinski definition) is 5. The molecule has 7 heteroatoms. The monoisotopic (exact) mass is 284 g/mol. The van der Waals surface area contributed by atoms with E-state index in [1.165, 1.54) is 7.11 Å². The molecule has 0 bridgehead atoms. The molecule has 1 aromatic heterocycles. The highest BCUT2D eigenvalue weighted by molar-refractivity contribution is 5.96. The maximum Gasteiger partial charge on any atom is 0.367 e. The van der Waals surface area contributed by atoms with Crippen molar-refractivity contribution in [1.29, 1.82) is 0 Å². The summed E-state index contributed by atoms with van der Waals surface area (Å²) >= 11 is 0. The van der Waals surface area contributed by atoms with Crippen LogP contribution >= 0.6 is 0 Å². The molecule has 1 aliphatic carbocycles. The van der Waals surface area contributed by atoms with Gasteiger partial charge in [0.1, 0.15) is 6.73 Å². The minimum Gasteiger partial charge on any atom is -0.464 e. The van der Waals surface area contributed by atoms with E-state index in [0.29, 0.717) is 30.5 Å². The molecule has 110 valence electrons. The lowest BCUT2D eigenvalue weighted by molar-refractivity contribution is -0.137. The number of aliphatic hydroxyl groups excluding tert-OH is 1. The molecule has 0 aromatic carbocycles. The maximum absolute atomic E-state index is 14.1. The smallest absolute Gasteiger partial charge is 0.367 e. The number of ether oxygens (including phenoxy) is 2. The van der Waals surface area contributed by atoms with Gasteiger partial charge in [-0.3, -0.25) is 0 Å². The average Bonchev–Trinajstić information content (AvgIpc) is 2.84. The van der Waals surface area contributed by atoms with Crippen molar-refractivity contribution in [2.45, 2.75) is 32.6 Å². The molecule has 0 spiro atoms. The quantitative estimate of drug-likeness (QED) is 0.663. The van der Waals surface area contributed by atoms with Gasteiger partial charge < -0.3 is 14.6 Å². The SMILES string of the molecule is COCn1nc(CO)c2c1CCC/C2=C(/F)C(=O)OC. The molecule has 20 heavy (non-hydrogen) atoms. The average molecular weight is 284 g/mol. The van der Waals surface area contributed by atoms with Crippen LogP contribution in [-0.4, -0.2) is 35.1 Å². The first kappa shape index (κ1) is 14.7. The zero-order chi connectivity index (χ0) is 14.7. The molecule has 0 fully saturated rings. The van der Waals surface area contributed by atoms with Crippen molar-refractivity contribution in [3.63, 3.8) is 0 Å². The Morgan fingerprint density at radius 2 is 2.20 bits per heavy atom. The van der Waals surface area contributed by atoms with Crippen molar-refractivity contribution in [3.05, 3.63) is 22.8 Å². The number of esters is 1. The second-order valence-corrected chi connectivity index (χ2v) is 4.48. The van der Waals surface area contributed by atoms with Crippen molar-refractivity contribution >= 4 is 11.5 Å². The van der Waals surface area contributed by atoms with Gasteiger partial charge in [0, 0.05) is 23.9 Å². The highest BCUT2D eigenvalue weighted by Crippen LogP contribution is 2.36. The van der Waals surface area contributed by atoms with Crippen LogP contribution in [0.25, 0.3) is 5.57 Å². The summed E-state index contributed by atoms with van der Waals surface area (Å²) in [5, 5.41) is 13.6. The second kappa shape index (κ2) is 6.15. The largest absolute Gasteiger partial charge is 0.464 e. The number of carbonyl (C=O) groups excluding carboxylic acids is 1. The van der Waals surface area contributed by atoms with Crippen LogP contribution in [0.1, 0.15) is 29.8 Å². The Morgan fingerprint density at radius 1 is 1.45 bits per heavy atom. The van der Waals surface area contributed by atoms with Gasteiger partial charge in [0.2, 0.25) is 5.83 Å². The molecule has 1 aliphatic rings. The van der Waals surface area contributed by atoms with Crippen LogP contribution in [-0.2, 0) is 34.0 Å². The molecule has 0 amide bonds. The van der Waals surface area contributed by atoms with Gasteiger partial charge in [0.05, 0.1) is 19.4 Å². The number of aliphatic hydroxyl groups is 1. The van der Waals surface area contributed by atoms with Crippen molar-refractivity contribution in [2.24, 2.45) is 0 Å². The van der Waals surface area contributed by atoms with E-state index in [9.17, 15) is 14.3 Å². The fourth-order valence-corrected chi connectivity index (χ4v) is 2.48. The Labute approximate surface area is 115 Å². The van der Waals surface area contributed by atoms with Crippen LogP contribution in [0.3, 0.4) is 0 Å². The third-order valence-corrected chi connectivity index (χ3v) is 3.30. The lowest BCUT2D eigenvalue weighted by Gasteiger charge is -2.17. The summed E-state index contributed by atoms with van der Waals surface area (Å²) in [6.07, 6.45) is 1.82. The van der Waals surface area contributed by atoms with E-state index in [1.54, 1.807) is 4.68 Å². The van der Waals surface area contributed by atoms with Gasteiger partial charge in [0.15, 0.2) is 0 Å². The minimum atomic E-state index is -1.00. The van der Waals surface area contributed by atoms with E-state index < -0.39 is 11.8 Å². The lowest BCUT2D eigenvalue weighted by Crippen LogP contribution is -2.12. The Kier molecular flexibility index (Phi) is 4.51. The summed E-state index contributed by atoms with van der Waals surface area (Å²) in [6.45, 7) is -0.105. The van der Waals surface area contributed by atoms with Gasteiger partial charge in [-0.25, -0.2) is 9.48 Å². The van der Waals surface area contributed by atoms with Crippen LogP contribution < -0.4 is 0 Å². The van der Waals surface area contributed by atoms with Gasteiger partial charge in [-0.2, -0.15) is 9.49 Å². The highest BCUT2D eigenvalue weighted by atomic mass is 19.1. The fraction of sp³-hybridized carbons (Fsp3) is 0.538. The third-order valence-electron chi connectivity index (χ3n) is 3.30. The van der Waals surface area contributed by atoms with Crippen LogP contribution in [0.5, 0.6) is 0 Å². The van der Waals surface area contributed by atoms with E-state index in [0.717, 1.165) is 12.8 Å². The van der Waals surface area contributed by atoms with Crippen LogP contribution in [0.15, 0.2) is 5.83 Å². The van der Waals surface area contributed by atoms with Gasteiger partial charge in [-0.05, 0) is 19.3 Å². The molecule has 0 atom stereocenters. The molecule has 0 saturated carbocycles. The number of fused-ring (bicyclic) bond motifs is 1. The fourth-order valence-electron chi connectivity index (χ4n) is 2.48. The van der Waals surface area contributed by atoms with E-state index >= 15 is 0 Å². The molecule has 0 unspecified atom stereocenters. The molecule has 1 aromatic rings. The minimum absolute atomic E-state index is 0.218. The van der Waals surface area contributed by atoms with E-state index in [-0.39, 0.29) is 18.9 Å². The summed E-state index contributed by atoms with van der Waals surface area (Å²) in [5.74, 6) is -1.92. The van der Waals surface area contributed by atoms with Crippen LogP contribution in [0.4, 0.5) is 4.39 Å². The molecular formula is C13H17FN2O4. The predicted octanol–water partition coefficient (Wildman–Crippen LogP) is 1.17. The highest BCUT2D eigenvalue weighted by Gasteiger charge is 2.29. The standard InChI is InChI=1S/C13H17FN2O4/c1-19-7-16-10-5-3-4-8(12(14)13(18)20-2)11(10)9(6-17)15-16/h17H,3-7H2,1-2H3/b12-8-. The summed E-state index contributed by atoms with van der Waals surface area (Å²) < 4.78 is 25.2. The number of allylic oxidation sites excluding steroid dienone is 1. The van der Waals surface area contributed by atoms with Crippen molar-refractivity contribution < 1.29 is 23.8 Å². The molecule has 1 heterocycles. The number of aromatic nitrogens is 2. The summed E-state index contributed by atoms with van der Waals surface area (Å²) in [5.41, 5.74) is 1.89. The van der Waals surface area contributed by atoms with E-state index in [2.05, 4.69) is 9.84 Å². The Balaban J connectivity index is 2.57. The van der Waals surface area contributed by atoms with E-state index in [1.807, 2.05) is 0 Å². The Morgan fingerprint density at radius 3 is 2.80 bits per heavy atom. The van der Waals surface area contributed by atoms with Gasteiger partial charge in [-0.15, -0.1) is 0 Å². The van der Waals surface area contributed by atoms with Crippen LogP contribution in [0, 0.1) is 0 Å². The number of methoxy groups -OCH3 is 2. The Hall–Kier alpha value is -1.73. The topological polar surface area (TPSA) is 73.6 Å². The zero-order valence-electron chi connectivity index (χ0n) is 11.5. The molecular weight excluding hydrogens is 267 g/mol. The van der Waals surface area contributed by atoms with Gasteiger partial charge >= 0.3 is 5.97 Å². The first-order valence-electron chi connectivity index (χ1n) is 6.29. The number of carbonyl (C=O) groups is 1. The number of halogens is 1. The number of rotatable bonds is 4. The molecule has 0 saturated heterocycles. The van der Waals surface area contributed by atoms with Crippen molar-refractivity contribution in [2.75, 3.05) is 14.2 Å². The van der Waals surface area contributed by atoms with Gasteiger partial charge in [-0.1, -0.05) is 0 Å². The molecule has 6 nitrogen and oxygen atoms in total. The Bertz CT molecular complexity index is 551. The van der Waals surface area contributed by atoms with Crippen LogP contribution in [0.2, 0.25) is 0 Å². The van der Waals surface area contributed by atoms with E-state index in [4.69, 9.17) is 4.74 Å². The maximum atomic E-state index is 14.1. The predicted molar refractivity (Wildman–Crippen MR) is 68.1 cm³/mol. The zero-order valence-corrected chi connectivity index (χ0v) is 11.5. The molecule has 0 radical (unpaired) electrons. The summed E-state index contributed by atoms with van der Waals surface area (Å²) in [7, 11) is 2.66. The first-order chi connectivity index (χ1) is 9.63.